The highest BCUT2D eigenvalue weighted by Crippen LogP contribution is 2.20. The van der Waals surface area contributed by atoms with Crippen LogP contribution in [0.2, 0.25) is 0 Å². The van der Waals surface area contributed by atoms with Gasteiger partial charge in [-0.1, -0.05) is 0 Å². The van der Waals surface area contributed by atoms with Gasteiger partial charge in [0.1, 0.15) is 0 Å². The summed E-state index contributed by atoms with van der Waals surface area (Å²) >= 11 is 0. The number of amides is 1. The fraction of sp³-hybridized carbons (Fsp3) is 0.412. The molecule has 126 valence electrons. The van der Waals surface area contributed by atoms with Crippen molar-refractivity contribution >= 4 is 5.91 Å². The molecule has 24 heavy (non-hydrogen) atoms. The van der Waals surface area contributed by atoms with Gasteiger partial charge in [-0.25, -0.2) is 5.10 Å². The molecule has 0 spiro atoms. The standard InChI is InChI=1S/C17H21N5O2/c1-11-15(14-6-7-18-8-12(14)9-19-11)10-20-16(23)4-2-13-3-5-17(24)22-21-13/h3,5,9,18H,2,4,6-8,10H2,1H3,(H,20,23)(H,22,24). The Balaban J connectivity index is 1.58. The monoisotopic (exact) mass is 327 g/mol. The second-order valence-corrected chi connectivity index (χ2v) is 5.94. The van der Waals surface area contributed by atoms with Gasteiger partial charge in [0.25, 0.3) is 5.56 Å². The average molecular weight is 327 g/mol. The third-order valence-electron chi connectivity index (χ3n) is 4.28. The molecule has 3 N–H and O–H groups in total. The predicted molar refractivity (Wildman–Crippen MR) is 89.4 cm³/mol. The van der Waals surface area contributed by atoms with Crippen molar-refractivity contribution in [2.45, 2.75) is 39.3 Å². The van der Waals surface area contributed by atoms with Gasteiger partial charge in [-0.3, -0.25) is 14.6 Å². The Morgan fingerprint density at radius 3 is 3.04 bits per heavy atom. The summed E-state index contributed by atoms with van der Waals surface area (Å²) in [4.78, 5) is 27.5. The maximum absolute atomic E-state index is 12.1. The molecule has 3 heterocycles. The molecule has 0 aromatic carbocycles. The maximum Gasteiger partial charge on any atom is 0.264 e. The first-order chi connectivity index (χ1) is 11.6. The molecule has 1 aliphatic rings. The minimum atomic E-state index is -0.241. The van der Waals surface area contributed by atoms with E-state index in [4.69, 9.17) is 0 Å². The molecule has 0 saturated heterocycles. The van der Waals surface area contributed by atoms with Gasteiger partial charge in [0, 0.05) is 43.9 Å². The lowest BCUT2D eigenvalue weighted by molar-refractivity contribution is -0.121. The zero-order valence-electron chi connectivity index (χ0n) is 13.7. The molecule has 7 heteroatoms. The SMILES string of the molecule is Cc1ncc2c(c1CNC(=O)CCc1ccc(=O)[nH]n1)CCNC2. The molecule has 1 amide bonds. The van der Waals surface area contributed by atoms with Crippen molar-refractivity contribution in [2.24, 2.45) is 0 Å². The number of carbonyl (C=O) groups excluding carboxylic acids is 1. The highest BCUT2D eigenvalue weighted by Gasteiger charge is 2.16. The molecule has 0 saturated carbocycles. The van der Waals surface area contributed by atoms with Crippen molar-refractivity contribution in [3.63, 3.8) is 0 Å². The third kappa shape index (κ3) is 3.86. The molecule has 0 radical (unpaired) electrons. The quantitative estimate of drug-likeness (QED) is 0.737. The lowest BCUT2D eigenvalue weighted by atomic mass is 9.96. The first-order valence-corrected chi connectivity index (χ1v) is 8.12. The van der Waals surface area contributed by atoms with Gasteiger partial charge >= 0.3 is 0 Å². The number of aryl methyl sites for hydroxylation is 2. The number of pyridine rings is 1. The summed E-state index contributed by atoms with van der Waals surface area (Å²) in [6.07, 6.45) is 3.72. The third-order valence-corrected chi connectivity index (χ3v) is 4.28. The van der Waals surface area contributed by atoms with Crippen molar-refractivity contribution in [3.8, 4) is 0 Å². The summed E-state index contributed by atoms with van der Waals surface area (Å²) in [5.74, 6) is -0.0334. The molecule has 0 atom stereocenters. The summed E-state index contributed by atoms with van der Waals surface area (Å²) in [5, 5.41) is 12.6. The molecule has 2 aromatic heterocycles. The van der Waals surface area contributed by atoms with Gasteiger partial charge in [0.05, 0.1) is 5.69 Å². The van der Waals surface area contributed by atoms with Gasteiger partial charge in [0.15, 0.2) is 0 Å². The molecular weight excluding hydrogens is 306 g/mol. The van der Waals surface area contributed by atoms with E-state index >= 15 is 0 Å². The predicted octanol–water partition coefficient (Wildman–Crippen LogP) is 0.368. The molecule has 0 aliphatic carbocycles. The van der Waals surface area contributed by atoms with Crippen LogP contribution in [0.25, 0.3) is 0 Å². The van der Waals surface area contributed by atoms with Crippen LogP contribution in [0.1, 0.15) is 34.5 Å². The number of H-pyrrole nitrogens is 1. The van der Waals surface area contributed by atoms with Crippen LogP contribution in [0.3, 0.4) is 0 Å². The van der Waals surface area contributed by atoms with Gasteiger partial charge in [-0.05, 0) is 42.6 Å². The number of nitrogens with one attached hydrogen (secondary N) is 3. The van der Waals surface area contributed by atoms with Crippen LogP contribution in [-0.2, 0) is 30.7 Å². The highest BCUT2D eigenvalue weighted by molar-refractivity contribution is 5.76. The Hall–Kier alpha value is -2.54. The van der Waals surface area contributed by atoms with E-state index in [2.05, 4.69) is 25.8 Å². The number of hydrogen-bond donors (Lipinski definition) is 3. The maximum atomic E-state index is 12.1. The summed E-state index contributed by atoms with van der Waals surface area (Å²) in [7, 11) is 0. The van der Waals surface area contributed by atoms with E-state index < -0.39 is 0 Å². The van der Waals surface area contributed by atoms with Gasteiger partial charge in [-0.15, -0.1) is 0 Å². The van der Waals surface area contributed by atoms with Gasteiger partial charge < -0.3 is 10.6 Å². The van der Waals surface area contributed by atoms with Crippen molar-refractivity contribution in [1.82, 2.24) is 25.8 Å². The van der Waals surface area contributed by atoms with Crippen LogP contribution in [-0.4, -0.2) is 27.6 Å². The smallest absolute Gasteiger partial charge is 0.264 e. The van der Waals surface area contributed by atoms with E-state index in [-0.39, 0.29) is 11.5 Å². The summed E-state index contributed by atoms with van der Waals surface area (Å²) < 4.78 is 0. The molecule has 7 nitrogen and oxygen atoms in total. The van der Waals surface area contributed by atoms with Crippen molar-refractivity contribution in [3.05, 3.63) is 56.8 Å². The van der Waals surface area contributed by atoms with E-state index in [0.717, 1.165) is 30.8 Å². The lowest BCUT2D eigenvalue weighted by Gasteiger charge is -2.21. The van der Waals surface area contributed by atoms with Crippen LogP contribution in [0, 0.1) is 6.92 Å². The Morgan fingerprint density at radius 1 is 1.38 bits per heavy atom. The Kier molecular flexibility index (Phi) is 5.00. The number of carbonyl (C=O) groups is 1. The van der Waals surface area contributed by atoms with Crippen LogP contribution in [0.15, 0.2) is 23.1 Å². The van der Waals surface area contributed by atoms with Crippen LogP contribution < -0.4 is 16.2 Å². The zero-order chi connectivity index (χ0) is 16.9. The molecule has 3 rings (SSSR count). The first kappa shape index (κ1) is 16.3. The van der Waals surface area contributed by atoms with Gasteiger partial charge in [0.2, 0.25) is 5.91 Å². The fourth-order valence-corrected chi connectivity index (χ4v) is 2.91. The normalized spacial score (nSPS) is 13.4. The Bertz CT molecular complexity index is 780. The molecule has 2 aromatic rings. The number of aromatic amines is 1. The summed E-state index contributed by atoms with van der Waals surface area (Å²) in [5.41, 5.74) is 5.08. The minimum Gasteiger partial charge on any atom is -0.352 e. The molecule has 0 unspecified atom stereocenters. The number of hydrogen-bond acceptors (Lipinski definition) is 5. The zero-order valence-corrected chi connectivity index (χ0v) is 13.7. The average Bonchev–Trinajstić information content (AvgIpc) is 2.60. The van der Waals surface area contributed by atoms with E-state index in [9.17, 15) is 9.59 Å². The highest BCUT2D eigenvalue weighted by atomic mass is 16.1. The van der Waals surface area contributed by atoms with E-state index in [0.29, 0.717) is 25.1 Å². The topological polar surface area (TPSA) is 99.8 Å². The summed E-state index contributed by atoms with van der Waals surface area (Å²) in [6.45, 7) is 4.27. The minimum absolute atomic E-state index is 0.0334. The van der Waals surface area contributed by atoms with Crippen molar-refractivity contribution < 1.29 is 4.79 Å². The largest absolute Gasteiger partial charge is 0.352 e. The number of fused-ring (bicyclic) bond motifs is 1. The van der Waals surface area contributed by atoms with Crippen LogP contribution in [0.5, 0.6) is 0 Å². The van der Waals surface area contributed by atoms with E-state index in [1.54, 1.807) is 6.07 Å². The van der Waals surface area contributed by atoms with E-state index in [1.807, 2.05) is 13.1 Å². The van der Waals surface area contributed by atoms with E-state index in [1.165, 1.54) is 17.2 Å². The molecule has 0 bridgehead atoms. The Labute approximate surface area is 139 Å². The van der Waals surface area contributed by atoms with Crippen LogP contribution in [0.4, 0.5) is 0 Å². The lowest BCUT2D eigenvalue weighted by Crippen LogP contribution is -2.29. The molecule has 1 aliphatic heterocycles. The van der Waals surface area contributed by atoms with Gasteiger partial charge in [-0.2, -0.15) is 5.10 Å². The first-order valence-electron chi connectivity index (χ1n) is 8.12. The van der Waals surface area contributed by atoms with Crippen molar-refractivity contribution in [1.29, 1.82) is 0 Å². The van der Waals surface area contributed by atoms with Crippen molar-refractivity contribution in [2.75, 3.05) is 6.54 Å². The fourth-order valence-electron chi connectivity index (χ4n) is 2.91. The second kappa shape index (κ2) is 7.35. The second-order valence-electron chi connectivity index (χ2n) is 5.94. The number of aromatic nitrogens is 3. The molecular formula is C17H21N5O2. The number of nitrogens with zero attached hydrogens (tertiary/aromatic N) is 2. The number of rotatable bonds is 5. The Morgan fingerprint density at radius 2 is 2.25 bits per heavy atom. The summed E-state index contributed by atoms with van der Waals surface area (Å²) in [6, 6.07) is 3.06. The molecule has 0 fully saturated rings. The van der Waals surface area contributed by atoms with Crippen LogP contribution >= 0.6 is 0 Å².